The van der Waals surface area contributed by atoms with Crippen LogP contribution in [0.2, 0.25) is 0 Å². The van der Waals surface area contributed by atoms with Crippen LogP contribution in [-0.4, -0.2) is 45.5 Å². The van der Waals surface area contributed by atoms with Gasteiger partial charge in [0.2, 0.25) is 0 Å². The van der Waals surface area contributed by atoms with Crippen molar-refractivity contribution in [3.63, 3.8) is 0 Å². The largest absolute Gasteiger partial charge is 0.456 e. The molecule has 14 rings (SSSR count). The van der Waals surface area contributed by atoms with E-state index in [4.69, 9.17) is 4.74 Å². The van der Waals surface area contributed by atoms with Gasteiger partial charge in [-0.15, -0.1) is 0 Å². The van der Waals surface area contributed by atoms with Gasteiger partial charge in [0.25, 0.3) is 23.6 Å². The van der Waals surface area contributed by atoms with Gasteiger partial charge in [-0.05, 0) is 101 Å². The van der Waals surface area contributed by atoms with Crippen molar-refractivity contribution in [3.8, 4) is 11.5 Å². The van der Waals surface area contributed by atoms with E-state index in [0.717, 1.165) is 135 Å². The molecule has 372 valence electrons. The van der Waals surface area contributed by atoms with Crippen LogP contribution in [0.25, 0.3) is 43.1 Å². The Labute approximate surface area is 442 Å². The number of hydrogen-bond donors (Lipinski definition) is 0. The lowest BCUT2D eigenvalue weighted by atomic mass is 9.78. The van der Waals surface area contributed by atoms with E-state index in [1.807, 2.05) is 66.7 Å². The van der Waals surface area contributed by atoms with Crippen molar-refractivity contribution in [1.29, 1.82) is 0 Å². The summed E-state index contributed by atoms with van der Waals surface area (Å²) in [4.78, 5) is 63.4. The number of amides is 4. The molecule has 7 heteroatoms. The van der Waals surface area contributed by atoms with E-state index < -0.39 is 0 Å². The lowest BCUT2D eigenvalue weighted by Gasteiger charge is -2.37. The van der Waals surface area contributed by atoms with Crippen molar-refractivity contribution < 1.29 is 23.9 Å². The first-order valence-corrected chi connectivity index (χ1v) is 27.4. The molecule has 10 aromatic carbocycles. The lowest BCUT2D eigenvalue weighted by Crippen LogP contribution is -2.47. The molecule has 0 saturated heterocycles. The number of carbonyl (C=O) groups excluding carboxylic acids is 4. The van der Waals surface area contributed by atoms with Crippen LogP contribution in [0.4, 0.5) is 0 Å². The second-order valence-electron chi connectivity index (χ2n) is 21.7. The van der Waals surface area contributed by atoms with Gasteiger partial charge in [0.05, 0.1) is 5.56 Å². The highest BCUT2D eigenvalue weighted by Gasteiger charge is 2.42. The van der Waals surface area contributed by atoms with Crippen LogP contribution in [0.1, 0.15) is 156 Å². The second-order valence-corrected chi connectivity index (χ2v) is 21.7. The normalized spacial score (nSPS) is 16.4. The molecule has 2 heterocycles. The fourth-order valence-corrected chi connectivity index (χ4v) is 14.0. The lowest BCUT2D eigenvalue weighted by molar-refractivity contribution is 0.0487. The molecule has 76 heavy (non-hydrogen) atoms. The maximum atomic E-state index is 15.6. The molecule has 0 N–H and O–H groups in total. The van der Waals surface area contributed by atoms with Crippen LogP contribution in [0.5, 0.6) is 11.5 Å². The van der Waals surface area contributed by atoms with Crippen molar-refractivity contribution in [2.75, 3.05) is 0 Å². The maximum Gasteiger partial charge on any atom is 0.261 e. The third kappa shape index (κ3) is 7.22. The average molecular weight is 993 g/mol. The van der Waals surface area contributed by atoms with E-state index in [1.165, 1.54) is 4.90 Å². The SMILES string of the molecule is Cc1cc(C(c2ccccc2)c2ccccc2)c(Oc2cc3c4c(ccc5c6ccc7c8c(ccc(c2c45)c86)C(=O)N(C2CCCCC2)C7=O)C(=O)N(C2CCCCC2)C3=O)c(C(c2ccccc2)c2ccccc2)c1. The van der Waals surface area contributed by atoms with Gasteiger partial charge in [-0.3, -0.25) is 29.0 Å². The molecule has 2 aliphatic carbocycles. The number of fused-ring (bicyclic) bond motifs is 2. The molecule has 0 unspecified atom stereocenters. The van der Waals surface area contributed by atoms with E-state index in [1.54, 1.807) is 4.90 Å². The molecule has 2 aliphatic heterocycles. The Kier molecular flexibility index (Phi) is 11.2. The number of nitrogens with zero attached hydrogens (tertiary/aromatic N) is 2. The minimum atomic E-state index is -0.310. The molecule has 2 fully saturated rings. The Bertz CT molecular complexity index is 3770. The number of benzene rings is 10. The summed E-state index contributed by atoms with van der Waals surface area (Å²) in [5.41, 5.74) is 9.29. The van der Waals surface area contributed by atoms with Crippen molar-refractivity contribution in [3.05, 3.63) is 237 Å². The molecule has 0 aromatic heterocycles. The molecule has 4 aliphatic rings. The molecule has 7 nitrogen and oxygen atoms in total. The topological polar surface area (TPSA) is 84.0 Å². The number of ether oxygens (including phenoxy) is 1. The molecular weight excluding hydrogens is 937 g/mol. The third-order valence-electron chi connectivity index (χ3n) is 17.3. The Morgan fingerprint density at radius 2 is 0.750 bits per heavy atom. The number of hydrogen-bond acceptors (Lipinski definition) is 5. The van der Waals surface area contributed by atoms with Gasteiger partial charge < -0.3 is 4.74 Å². The van der Waals surface area contributed by atoms with Crippen molar-refractivity contribution in [2.45, 2.75) is 95.1 Å². The molecule has 0 bridgehead atoms. The van der Waals surface area contributed by atoms with E-state index in [-0.39, 0.29) is 47.5 Å². The monoisotopic (exact) mass is 992 g/mol. The summed E-state index contributed by atoms with van der Waals surface area (Å²) < 4.78 is 8.01. The van der Waals surface area contributed by atoms with Crippen LogP contribution in [-0.2, 0) is 0 Å². The third-order valence-corrected chi connectivity index (χ3v) is 17.3. The molecule has 0 radical (unpaired) electrons. The van der Waals surface area contributed by atoms with Crippen LogP contribution in [0.15, 0.2) is 176 Å². The summed E-state index contributed by atoms with van der Waals surface area (Å²) in [5, 5.41) is 5.96. The van der Waals surface area contributed by atoms with Gasteiger partial charge >= 0.3 is 0 Å². The Hall–Kier alpha value is -8.42. The highest BCUT2D eigenvalue weighted by atomic mass is 16.5. The number of rotatable bonds is 10. The predicted molar refractivity (Wildman–Crippen MR) is 301 cm³/mol. The van der Waals surface area contributed by atoms with Gasteiger partial charge in [0.1, 0.15) is 11.5 Å². The van der Waals surface area contributed by atoms with Crippen LogP contribution < -0.4 is 4.74 Å². The molecule has 10 aromatic rings. The van der Waals surface area contributed by atoms with E-state index in [2.05, 4.69) is 116 Å². The first kappa shape index (κ1) is 46.1. The quantitative estimate of drug-likeness (QED) is 0.0590. The zero-order valence-electron chi connectivity index (χ0n) is 42.6. The fourth-order valence-electron chi connectivity index (χ4n) is 14.0. The van der Waals surface area contributed by atoms with E-state index in [0.29, 0.717) is 44.5 Å². The number of carbonyl (C=O) groups is 4. The average Bonchev–Trinajstić information content (AvgIpc) is 3.57. The molecule has 2 saturated carbocycles. The standard InChI is InChI=1S/C69H56N2O5/c1-41-38-54(58(42-20-8-2-9-21-42)43-22-10-3-11-23-43)65(55(39-41)59(44-24-12-4-13-25-44)45-26-14-5-15-27-45)76-57-40-56-62-53(68(74)71(69(56)75)47-30-18-7-19-31-47)36-33-49-48-32-35-51-61-52(37-34-50(60(48)61)63(57)64(49)62)67(73)70(66(51)72)46-28-16-6-17-29-46/h2-5,8-15,20-27,32-40,46-47,58-59H,6-7,16-19,28-31H2,1H3. The zero-order chi connectivity index (χ0) is 51.2. The Morgan fingerprint density at radius 3 is 1.17 bits per heavy atom. The highest BCUT2D eigenvalue weighted by molar-refractivity contribution is 6.42. The first-order chi connectivity index (χ1) is 37.3. The number of imide groups is 2. The van der Waals surface area contributed by atoms with Crippen molar-refractivity contribution in [2.24, 2.45) is 0 Å². The van der Waals surface area contributed by atoms with Crippen molar-refractivity contribution >= 4 is 66.7 Å². The van der Waals surface area contributed by atoms with Gasteiger partial charge in [-0.2, -0.15) is 0 Å². The van der Waals surface area contributed by atoms with Gasteiger partial charge in [0, 0.05) is 73.3 Å². The van der Waals surface area contributed by atoms with Crippen LogP contribution >= 0.6 is 0 Å². The summed E-state index contributed by atoms with van der Waals surface area (Å²) in [6.45, 7) is 2.15. The van der Waals surface area contributed by atoms with Crippen LogP contribution in [0.3, 0.4) is 0 Å². The summed E-state index contributed by atoms with van der Waals surface area (Å²) in [6.07, 6.45) is 9.19. The minimum absolute atomic E-state index is 0.145. The Morgan fingerprint density at radius 1 is 0.382 bits per heavy atom. The van der Waals surface area contributed by atoms with Crippen LogP contribution in [0, 0.1) is 6.92 Å². The summed E-state index contributed by atoms with van der Waals surface area (Å²) in [6, 6.07) is 60.1. The van der Waals surface area contributed by atoms with E-state index in [9.17, 15) is 9.59 Å². The highest BCUT2D eigenvalue weighted by Crippen LogP contribution is 2.53. The summed E-state index contributed by atoms with van der Waals surface area (Å²) in [5.74, 6) is -0.528. The second kappa shape index (κ2) is 18.4. The maximum absolute atomic E-state index is 15.6. The predicted octanol–water partition coefficient (Wildman–Crippen LogP) is 16.1. The van der Waals surface area contributed by atoms with E-state index >= 15 is 9.59 Å². The number of aryl methyl sites for hydroxylation is 1. The van der Waals surface area contributed by atoms with Gasteiger partial charge in [0.15, 0.2) is 0 Å². The van der Waals surface area contributed by atoms with Crippen molar-refractivity contribution in [1.82, 2.24) is 9.80 Å². The van der Waals surface area contributed by atoms with Gasteiger partial charge in [-0.1, -0.05) is 196 Å². The van der Waals surface area contributed by atoms with Gasteiger partial charge in [-0.25, -0.2) is 0 Å². The smallest absolute Gasteiger partial charge is 0.261 e. The molecular formula is C69H56N2O5. The fraction of sp³-hybridized carbons (Fsp3) is 0.217. The minimum Gasteiger partial charge on any atom is -0.456 e. The molecule has 0 spiro atoms. The summed E-state index contributed by atoms with van der Waals surface area (Å²) in [7, 11) is 0. The molecule has 0 atom stereocenters. The first-order valence-electron chi connectivity index (χ1n) is 27.4. The Balaban J connectivity index is 1.10. The molecule has 4 amide bonds. The summed E-state index contributed by atoms with van der Waals surface area (Å²) >= 11 is 0. The zero-order valence-corrected chi connectivity index (χ0v) is 42.6.